The molecule has 1 fully saturated rings. The Kier molecular flexibility index (Phi) is 3.23. The van der Waals surface area contributed by atoms with Gasteiger partial charge in [-0.2, -0.15) is 5.10 Å². The molecular formula is C10H16BrN3. The Morgan fingerprint density at radius 1 is 1.64 bits per heavy atom. The van der Waals surface area contributed by atoms with Crippen molar-refractivity contribution in [2.45, 2.75) is 31.7 Å². The predicted octanol–water partition coefficient (Wildman–Crippen LogP) is 1.87. The van der Waals surface area contributed by atoms with Gasteiger partial charge in [-0.1, -0.05) is 6.42 Å². The Morgan fingerprint density at radius 3 is 3.07 bits per heavy atom. The maximum Gasteiger partial charge on any atom is 0.0635 e. The van der Waals surface area contributed by atoms with Crippen LogP contribution in [0.3, 0.4) is 0 Å². The number of aryl methyl sites for hydroxylation is 1. The number of hydrogen-bond acceptors (Lipinski definition) is 2. The summed E-state index contributed by atoms with van der Waals surface area (Å²) in [7, 11) is 2.00. The molecular weight excluding hydrogens is 242 g/mol. The van der Waals surface area contributed by atoms with E-state index < -0.39 is 0 Å². The number of aromatic nitrogens is 2. The van der Waals surface area contributed by atoms with E-state index in [0.717, 1.165) is 10.9 Å². The Bertz CT molecular complexity index is 283. The van der Waals surface area contributed by atoms with Crippen molar-refractivity contribution < 1.29 is 0 Å². The van der Waals surface area contributed by atoms with Crippen molar-refractivity contribution in [1.29, 1.82) is 0 Å². The van der Waals surface area contributed by atoms with Crippen molar-refractivity contribution in [3.63, 3.8) is 0 Å². The summed E-state index contributed by atoms with van der Waals surface area (Å²) in [6, 6.07) is 0.635. The number of hydrogen-bond donors (Lipinski definition) is 1. The van der Waals surface area contributed by atoms with Crippen LogP contribution >= 0.6 is 15.9 Å². The van der Waals surface area contributed by atoms with Gasteiger partial charge in [-0.05, 0) is 35.3 Å². The summed E-state index contributed by atoms with van der Waals surface area (Å²) in [6.07, 6.45) is 6.92. The number of halogens is 1. The highest BCUT2D eigenvalue weighted by molar-refractivity contribution is 9.10. The van der Waals surface area contributed by atoms with Crippen LogP contribution in [0.1, 0.15) is 25.0 Å². The molecule has 2 heterocycles. The number of piperidine rings is 1. The van der Waals surface area contributed by atoms with E-state index in [2.05, 4.69) is 26.3 Å². The predicted molar refractivity (Wildman–Crippen MR) is 60.3 cm³/mol. The maximum atomic E-state index is 4.22. The third-order valence-electron chi connectivity index (χ3n) is 2.86. The summed E-state index contributed by atoms with van der Waals surface area (Å²) in [4.78, 5) is 0. The molecule has 0 aliphatic carbocycles. The number of rotatable bonds is 2. The van der Waals surface area contributed by atoms with Crippen molar-refractivity contribution in [2.75, 3.05) is 6.54 Å². The average Bonchev–Trinajstić information content (AvgIpc) is 2.51. The highest BCUT2D eigenvalue weighted by atomic mass is 79.9. The third kappa shape index (κ3) is 2.17. The van der Waals surface area contributed by atoms with Crippen molar-refractivity contribution in [1.82, 2.24) is 15.1 Å². The normalized spacial score (nSPS) is 22.6. The monoisotopic (exact) mass is 257 g/mol. The third-order valence-corrected chi connectivity index (χ3v) is 3.53. The van der Waals surface area contributed by atoms with E-state index in [1.165, 1.54) is 31.5 Å². The Labute approximate surface area is 93.0 Å². The van der Waals surface area contributed by atoms with Crippen LogP contribution in [-0.4, -0.2) is 22.4 Å². The van der Waals surface area contributed by atoms with E-state index in [0.29, 0.717) is 6.04 Å². The molecule has 0 aromatic carbocycles. The van der Waals surface area contributed by atoms with Gasteiger partial charge < -0.3 is 5.32 Å². The van der Waals surface area contributed by atoms with Crippen molar-refractivity contribution in [2.24, 2.45) is 7.05 Å². The first-order valence-corrected chi connectivity index (χ1v) is 5.96. The first kappa shape index (κ1) is 10.2. The molecule has 1 atom stereocenters. The van der Waals surface area contributed by atoms with Crippen LogP contribution in [-0.2, 0) is 13.5 Å². The van der Waals surface area contributed by atoms with Crippen molar-refractivity contribution in [3.05, 3.63) is 16.4 Å². The standard InChI is InChI=1S/C10H16BrN3/c1-14-10(9(11)7-13-14)6-8-4-2-3-5-12-8/h7-8,12H,2-6H2,1H3. The molecule has 3 nitrogen and oxygen atoms in total. The van der Waals surface area contributed by atoms with Gasteiger partial charge in [0.2, 0.25) is 0 Å². The van der Waals surface area contributed by atoms with Crippen LogP contribution < -0.4 is 5.32 Å². The summed E-state index contributed by atoms with van der Waals surface area (Å²) >= 11 is 3.53. The molecule has 14 heavy (non-hydrogen) atoms. The average molecular weight is 258 g/mol. The van der Waals surface area contributed by atoms with E-state index in [1.54, 1.807) is 0 Å². The number of nitrogens with one attached hydrogen (secondary N) is 1. The summed E-state index contributed by atoms with van der Waals surface area (Å²) in [5.41, 5.74) is 1.30. The second-order valence-corrected chi connectivity index (χ2v) is 4.77. The Morgan fingerprint density at radius 2 is 2.50 bits per heavy atom. The molecule has 0 saturated carbocycles. The van der Waals surface area contributed by atoms with Gasteiger partial charge in [0.1, 0.15) is 0 Å². The van der Waals surface area contributed by atoms with Crippen LogP contribution in [0.5, 0.6) is 0 Å². The summed E-state index contributed by atoms with van der Waals surface area (Å²) in [6.45, 7) is 1.17. The van der Waals surface area contributed by atoms with Gasteiger partial charge >= 0.3 is 0 Å². The minimum absolute atomic E-state index is 0.635. The molecule has 1 aliphatic heterocycles. The molecule has 4 heteroatoms. The zero-order chi connectivity index (χ0) is 9.97. The second kappa shape index (κ2) is 4.45. The van der Waals surface area contributed by atoms with Crippen LogP contribution in [0.4, 0.5) is 0 Å². The van der Waals surface area contributed by atoms with E-state index in [1.807, 2.05) is 17.9 Å². The molecule has 2 rings (SSSR count). The van der Waals surface area contributed by atoms with Gasteiger partial charge in [-0.15, -0.1) is 0 Å². The minimum Gasteiger partial charge on any atom is -0.314 e. The molecule has 0 amide bonds. The lowest BCUT2D eigenvalue weighted by Crippen LogP contribution is -2.36. The molecule has 1 aliphatic rings. The van der Waals surface area contributed by atoms with E-state index in [-0.39, 0.29) is 0 Å². The quantitative estimate of drug-likeness (QED) is 0.877. The second-order valence-electron chi connectivity index (χ2n) is 3.91. The van der Waals surface area contributed by atoms with Gasteiger partial charge in [0.25, 0.3) is 0 Å². The maximum absolute atomic E-state index is 4.22. The Hall–Kier alpha value is -0.350. The summed E-state index contributed by atoms with van der Waals surface area (Å²) in [5, 5.41) is 7.77. The Balaban J connectivity index is 2.02. The van der Waals surface area contributed by atoms with Crippen LogP contribution in [0.2, 0.25) is 0 Å². The minimum atomic E-state index is 0.635. The van der Waals surface area contributed by atoms with Crippen LogP contribution in [0.15, 0.2) is 10.7 Å². The van der Waals surface area contributed by atoms with E-state index in [4.69, 9.17) is 0 Å². The highest BCUT2D eigenvalue weighted by Crippen LogP contribution is 2.19. The van der Waals surface area contributed by atoms with Gasteiger partial charge in [-0.3, -0.25) is 4.68 Å². The smallest absolute Gasteiger partial charge is 0.0635 e. The van der Waals surface area contributed by atoms with Gasteiger partial charge in [0.15, 0.2) is 0 Å². The van der Waals surface area contributed by atoms with Gasteiger partial charge in [0, 0.05) is 19.5 Å². The van der Waals surface area contributed by atoms with Crippen LogP contribution in [0, 0.1) is 0 Å². The first-order valence-electron chi connectivity index (χ1n) is 5.17. The lowest BCUT2D eigenvalue weighted by molar-refractivity contribution is 0.392. The fourth-order valence-electron chi connectivity index (χ4n) is 2.00. The molecule has 78 valence electrons. The fourth-order valence-corrected chi connectivity index (χ4v) is 2.51. The fraction of sp³-hybridized carbons (Fsp3) is 0.700. The zero-order valence-corrected chi connectivity index (χ0v) is 10.0. The van der Waals surface area contributed by atoms with Crippen LogP contribution in [0.25, 0.3) is 0 Å². The molecule has 1 saturated heterocycles. The SMILES string of the molecule is Cn1ncc(Br)c1CC1CCCCN1. The molecule has 1 aromatic rings. The summed E-state index contributed by atoms with van der Waals surface area (Å²) < 4.78 is 3.09. The lowest BCUT2D eigenvalue weighted by atomic mass is 10.0. The molecule has 1 N–H and O–H groups in total. The lowest BCUT2D eigenvalue weighted by Gasteiger charge is -2.23. The molecule has 0 bridgehead atoms. The topological polar surface area (TPSA) is 29.9 Å². The van der Waals surface area contributed by atoms with E-state index >= 15 is 0 Å². The van der Waals surface area contributed by atoms with Crippen molar-refractivity contribution in [3.8, 4) is 0 Å². The highest BCUT2D eigenvalue weighted by Gasteiger charge is 2.16. The molecule has 0 radical (unpaired) electrons. The van der Waals surface area contributed by atoms with Crippen molar-refractivity contribution >= 4 is 15.9 Å². The molecule has 0 spiro atoms. The van der Waals surface area contributed by atoms with Gasteiger partial charge in [-0.25, -0.2) is 0 Å². The zero-order valence-electron chi connectivity index (χ0n) is 8.46. The molecule has 1 unspecified atom stereocenters. The molecule has 1 aromatic heterocycles. The number of nitrogens with zero attached hydrogens (tertiary/aromatic N) is 2. The van der Waals surface area contributed by atoms with Gasteiger partial charge in [0.05, 0.1) is 16.4 Å². The first-order chi connectivity index (χ1) is 6.77. The summed E-state index contributed by atoms with van der Waals surface area (Å²) in [5.74, 6) is 0. The van der Waals surface area contributed by atoms with E-state index in [9.17, 15) is 0 Å². The largest absolute Gasteiger partial charge is 0.314 e.